The Morgan fingerprint density at radius 2 is 2.00 bits per heavy atom. The van der Waals surface area contributed by atoms with Crippen molar-refractivity contribution in [2.75, 3.05) is 18.1 Å². The van der Waals surface area contributed by atoms with Gasteiger partial charge in [0.25, 0.3) is 5.78 Å². The van der Waals surface area contributed by atoms with Crippen molar-refractivity contribution in [3.8, 4) is 11.5 Å². The summed E-state index contributed by atoms with van der Waals surface area (Å²) in [7, 11) is 0. The molecule has 10 heteroatoms. The number of aromatic nitrogens is 1. The first-order valence-electron chi connectivity index (χ1n) is 13.2. The van der Waals surface area contributed by atoms with Gasteiger partial charge in [-0.05, 0) is 68.7 Å². The Labute approximate surface area is 236 Å². The SMILES string of the molecule is CCCOc1cccc([C@H]2/C(=C(\O)c3ccc4c(c3)C[C@H](C)O4)C(=O)C(=O)N2c2nc(C)c(C(=O)OCC)s2)c1. The highest BCUT2D eigenvalue weighted by molar-refractivity contribution is 7.17. The fraction of sp³-hybridized carbons (Fsp3) is 0.333. The Kier molecular flexibility index (Phi) is 7.62. The highest BCUT2D eigenvalue weighted by atomic mass is 32.1. The number of nitrogens with zero attached hydrogens (tertiary/aromatic N) is 2. The van der Waals surface area contributed by atoms with E-state index in [2.05, 4.69) is 4.98 Å². The summed E-state index contributed by atoms with van der Waals surface area (Å²) in [6.45, 7) is 7.98. The van der Waals surface area contributed by atoms with Crippen molar-refractivity contribution in [1.29, 1.82) is 0 Å². The maximum atomic E-state index is 13.6. The summed E-state index contributed by atoms with van der Waals surface area (Å²) in [4.78, 5) is 45.6. The lowest BCUT2D eigenvalue weighted by Crippen LogP contribution is -2.29. The van der Waals surface area contributed by atoms with E-state index in [4.69, 9.17) is 14.2 Å². The van der Waals surface area contributed by atoms with E-state index in [1.165, 1.54) is 4.90 Å². The smallest absolute Gasteiger partial charge is 0.350 e. The quantitative estimate of drug-likeness (QED) is 0.169. The van der Waals surface area contributed by atoms with Crippen LogP contribution < -0.4 is 14.4 Å². The first-order valence-corrected chi connectivity index (χ1v) is 14.0. The molecule has 2 atom stereocenters. The van der Waals surface area contributed by atoms with Crippen LogP contribution in [0.15, 0.2) is 48.0 Å². The van der Waals surface area contributed by atoms with Crippen molar-refractivity contribution >= 4 is 39.9 Å². The Morgan fingerprint density at radius 3 is 2.75 bits per heavy atom. The second kappa shape index (κ2) is 11.1. The molecule has 1 amide bonds. The van der Waals surface area contributed by atoms with E-state index in [1.54, 1.807) is 56.3 Å². The zero-order chi connectivity index (χ0) is 28.6. The van der Waals surface area contributed by atoms with Gasteiger partial charge in [-0.15, -0.1) is 0 Å². The molecule has 2 aliphatic heterocycles. The number of hydrogen-bond acceptors (Lipinski definition) is 9. The molecule has 3 heterocycles. The molecule has 9 nitrogen and oxygen atoms in total. The minimum absolute atomic E-state index is 0.00516. The summed E-state index contributed by atoms with van der Waals surface area (Å²) in [5.41, 5.74) is 2.17. The number of anilines is 1. The van der Waals surface area contributed by atoms with Gasteiger partial charge in [0.05, 0.1) is 30.5 Å². The van der Waals surface area contributed by atoms with E-state index in [-0.39, 0.29) is 34.1 Å². The number of aliphatic hydroxyl groups excluding tert-OH is 1. The predicted molar refractivity (Wildman–Crippen MR) is 150 cm³/mol. The van der Waals surface area contributed by atoms with Crippen LogP contribution in [0.4, 0.5) is 5.13 Å². The van der Waals surface area contributed by atoms with Crippen molar-refractivity contribution in [3.63, 3.8) is 0 Å². The number of Topliss-reactive ketones (excluding diaryl/α,β-unsaturated/α-hetero) is 1. The fourth-order valence-corrected chi connectivity index (χ4v) is 5.92. The molecule has 208 valence electrons. The zero-order valence-corrected chi connectivity index (χ0v) is 23.5. The Bertz CT molecular complexity index is 1530. The van der Waals surface area contributed by atoms with E-state index in [9.17, 15) is 19.5 Å². The van der Waals surface area contributed by atoms with Gasteiger partial charge in [0.2, 0.25) is 0 Å². The standard InChI is InChI=1S/C30H30N2O7S/c1-5-12-38-21-9-7-8-18(15-21)24-23(25(33)19-10-11-22-20(14-19)13-16(3)39-22)26(34)28(35)32(24)30-31-17(4)27(40-30)29(36)37-6-2/h7-11,14-16,24,33H,5-6,12-13H2,1-4H3/b25-23+/t16-,24-/m0/s1. The van der Waals surface area contributed by atoms with Crippen LogP contribution in [0.25, 0.3) is 5.76 Å². The molecule has 2 aliphatic rings. The van der Waals surface area contributed by atoms with Crippen LogP contribution >= 0.6 is 11.3 Å². The Hall–Kier alpha value is -4.18. The number of hydrogen-bond donors (Lipinski definition) is 1. The number of carbonyl (C=O) groups is 3. The molecular weight excluding hydrogens is 532 g/mol. The van der Waals surface area contributed by atoms with Crippen molar-refractivity contribution < 1.29 is 33.7 Å². The fourth-order valence-electron chi connectivity index (χ4n) is 4.94. The molecule has 1 saturated heterocycles. The molecule has 0 unspecified atom stereocenters. The number of benzene rings is 2. The van der Waals surface area contributed by atoms with Gasteiger partial charge in [0.1, 0.15) is 28.2 Å². The van der Waals surface area contributed by atoms with E-state index in [1.807, 2.05) is 13.8 Å². The second-order valence-electron chi connectivity index (χ2n) is 9.68. The average Bonchev–Trinajstić information content (AvgIpc) is 3.59. The number of amides is 1. The molecule has 0 aliphatic carbocycles. The number of carbonyl (C=O) groups excluding carboxylic acids is 3. The van der Waals surface area contributed by atoms with Gasteiger partial charge >= 0.3 is 11.9 Å². The van der Waals surface area contributed by atoms with Gasteiger partial charge in [0.15, 0.2) is 5.13 Å². The second-order valence-corrected chi connectivity index (χ2v) is 10.7. The van der Waals surface area contributed by atoms with E-state index >= 15 is 0 Å². The molecule has 5 rings (SSSR count). The summed E-state index contributed by atoms with van der Waals surface area (Å²) >= 11 is 0.968. The number of fused-ring (bicyclic) bond motifs is 1. The van der Waals surface area contributed by atoms with Crippen molar-refractivity contribution in [2.24, 2.45) is 0 Å². The average molecular weight is 563 g/mol. The van der Waals surface area contributed by atoms with Crippen molar-refractivity contribution in [2.45, 2.75) is 52.7 Å². The lowest BCUT2D eigenvalue weighted by atomic mass is 9.94. The van der Waals surface area contributed by atoms with Gasteiger partial charge in [-0.3, -0.25) is 14.5 Å². The predicted octanol–water partition coefficient (Wildman–Crippen LogP) is 5.37. The maximum absolute atomic E-state index is 13.6. The van der Waals surface area contributed by atoms with E-state index < -0.39 is 23.7 Å². The third kappa shape index (κ3) is 4.95. The normalized spacial score (nSPS) is 19.4. The van der Waals surface area contributed by atoms with Crippen LogP contribution in [0.5, 0.6) is 11.5 Å². The van der Waals surface area contributed by atoms with Gasteiger partial charge in [-0.1, -0.05) is 30.4 Å². The van der Waals surface area contributed by atoms with Crippen LogP contribution in [-0.4, -0.2) is 47.1 Å². The summed E-state index contributed by atoms with van der Waals surface area (Å²) in [5.74, 6) is -1.26. The molecule has 40 heavy (non-hydrogen) atoms. The minimum atomic E-state index is -1.01. The molecule has 1 fully saturated rings. The van der Waals surface area contributed by atoms with Gasteiger partial charge < -0.3 is 19.3 Å². The molecule has 2 aromatic carbocycles. The molecular formula is C30H30N2O7S. The van der Waals surface area contributed by atoms with Crippen LogP contribution in [-0.2, 0) is 20.7 Å². The topological polar surface area (TPSA) is 115 Å². The van der Waals surface area contributed by atoms with E-state index in [0.29, 0.717) is 35.6 Å². The lowest BCUT2D eigenvalue weighted by Gasteiger charge is -2.23. The Balaban J connectivity index is 1.66. The summed E-state index contributed by atoms with van der Waals surface area (Å²) in [6, 6.07) is 11.3. The van der Waals surface area contributed by atoms with Gasteiger partial charge in [-0.2, -0.15) is 0 Å². The first-order chi connectivity index (χ1) is 19.2. The third-order valence-corrected chi connectivity index (χ3v) is 7.85. The molecule has 1 N–H and O–H groups in total. The first kappa shape index (κ1) is 27.4. The van der Waals surface area contributed by atoms with Crippen LogP contribution in [0.1, 0.15) is 65.3 Å². The van der Waals surface area contributed by atoms with Crippen LogP contribution in [0.2, 0.25) is 0 Å². The van der Waals surface area contributed by atoms with Crippen molar-refractivity contribution in [3.05, 3.63) is 75.3 Å². The van der Waals surface area contributed by atoms with Gasteiger partial charge in [0, 0.05) is 12.0 Å². The number of rotatable bonds is 8. The van der Waals surface area contributed by atoms with E-state index in [0.717, 1.165) is 29.1 Å². The molecule has 0 saturated carbocycles. The number of aryl methyl sites for hydroxylation is 1. The number of aliphatic hydroxyl groups is 1. The molecule has 0 radical (unpaired) electrons. The largest absolute Gasteiger partial charge is 0.507 e. The third-order valence-electron chi connectivity index (χ3n) is 6.71. The summed E-state index contributed by atoms with van der Waals surface area (Å²) < 4.78 is 16.7. The van der Waals surface area contributed by atoms with Crippen LogP contribution in [0, 0.1) is 6.92 Å². The number of ketones is 1. The van der Waals surface area contributed by atoms with Gasteiger partial charge in [-0.25, -0.2) is 9.78 Å². The molecule has 0 bridgehead atoms. The lowest BCUT2D eigenvalue weighted by molar-refractivity contribution is -0.132. The molecule has 1 aromatic heterocycles. The molecule has 0 spiro atoms. The highest BCUT2D eigenvalue weighted by Crippen LogP contribution is 2.45. The Morgan fingerprint density at radius 1 is 1.20 bits per heavy atom. The minimum Gasteiger partial charge on any atom is -0.507 e. The number of ether oxygens (including phenoxy) is 3. The monoisotopic (exact) mass is 562 g/mol. The van der Waals surface area contributed by atoms with Crippen LogP contribution in [0.3, 0.4) is 0 Å². The van der Waals surface area contributed by atoms with Crippen molar-refractivity contribution in [1.82, 2.24) is 4.98 Å². The zero-order valence-electron chi connectivity index (χ0n) is 22.7. The highest BCUT2D eigenvalue weighted by Gasteiger charge is 2.48. The number of thiazole rings is 1. The summed E-state index contributed by atoms with van der Waals surface area (Å²) in [5, 5.41) is 11.7. The summed E-state index contributed by atoms with van der Waals surface area (Å²) in [6.07, 6.45) is 1.48. The number of esters is 1. The maximum Gasteiger partial charge on any atom is 0.350 e. The molecule has 3 aromatic rings.